The first-order valence-electron chi connectivity index (χ1n) is 7.42. The summed E-state index contributed by atoms with van der Waals surface area (Å²) in [4.78, 5) is 33.8. The van der Waals surface area contributed by atoms with Crippen LogP contribution in [-0.4, -0.2) is 36.6 Å². The van der Waals surface area contributed by atoms with E-state index in [9.17, 15) is 14.4 Å². The van der Waals surface area contributed by atoms with Crippen LogP contribution in [0.15, 0.2) is 30.3 Å². The highest BCUT2D eigenvalue weighted by Crippen LogP contribution is 2.13. The Hall–Kier alpha value is -2.81. The lowest BCUT2D eigenvalue weighted by Gasteiger charge is -2.31. The fraction of sp³-hybridized carbons (Fsp3) is 0.389. The second kappa shape index (κ2) is 9.36. The molecule has 1 rings (SSSR count). The number of nitrogens with one attached hydrogen (secondary N) is 1. The van der Waals surface area contributed by atoms with E-state index in [1.165, 1.54) is 20.8 Å². The molecule has 1 aromatic carbocycles. The minimum absolute atomic E-state index is 0.140. The topological polar surface area (TPSA) is 81.7 Å². The molecule has 0 atom stereocenters. The van der Waals surface area contributed by atoms with Crippen molar-refractivity contribution in [3.63, 3.8) is 0 Å². The second-order valence-corrected chi connectivity index (χ2v) is 5.37. The van der Waals surface area contributed by atoms with Crippen molar-refractivity contribution in [2.45, 2.75) is 32.7 Å². The van der Waals surface area contributed by atoms with Gasteiger partial charge in [-0.2, -0.15) is 0 Å². The molecule has 0 radical (unpaired) electrons. The maximum absolute atomic E-state index is 11.5. The smallest absolute Gasteiger partial charge is 0.302 e. The second-order valence-electron chi connectivity index (χ2n) is 5.37. The van der Waals surface area contributed by atoms with Crippen molar-refractivity contribution in [3.8, 4) is 11.8 Å². The number of amides is 1. The third-order valence-corrected chi connectivity index (χ3v) is 2.98. The maximum atomic E-state index is 11.5. The molecule has 0 aliphatic rings. The molecule has 1 aromatic rings. The van der Waals surface area contributed by atoms with Gasteiger partial charge in [-0.15, -0.1) is 0 Å². The molecule has 6 heteroatoms. The largest absolute Gasteiger partial charge is 0.463 e. The molecule has 128 valence electrons. The van der Waals surface area contributed by atoms with E-state index in [0.29, 0.717) is 0 Å². The van der Waals surface area contributed by atoms with E-state index in [2.05, 4.69) is 17.2 Å². The van der Waals surface area contributed by atoms with Gasteiger partial charge < -0.3 is 14.8 Å². The molecule has 0 aliphatic heterocycles. The van der Waals surface area contributed by atoms with Crippen LogP contribution in [0.2, 0.25) is 0 Å². The summed E-state index contributed by atoms with van der Waals surface area (Å²) in [6.45, 7) is 3.58. The van der Waals surface area contributed by atoms with Crippen molar-refractivity contribution < 1.29 is 23.9 Å². The normalized spacial score (nSPS) is 10.1. The van der Waals surface area contributed by atoms with E-state index in [-0.39, 0.29) is 25.5 Å². The van der Waals surface area contributed by atoms with E-state index < -0.39 is 17.5 Å². The van der Waals surface area contributed by atoms with Crippen molar-refractivity contribution in [1.29, 1.82) is 0 Å². The summed E-state index contributed by atoms with van der Waals surface area (Å²) in [6, 6.07) is 9.32. The number of rotatable bonds is 6. The summed E-state index contributed by atoms with van der Waals surface area (Å²) in [7, 11) is 0. The molecule has 1 amide bonds. The molecule has 0 unspecified atom stereocenters. The predicted molar refractivity (Wildman–Crippen MR) is 87.8 cm³/mol. The molecule has 0 spiro atoms. The molecule has 0 aliphatic carbocycles. The molecule has 24 heavy (non-hydrogen) atoms. The van der Waals surface area contributed by atoms with Crippen LogP contribution in [-0.2, 0) is 23.9 Å². The number of benzene rings is 1. The van der Waals surface area contributed by atoms with Gasteiger partial charge in [0.05, 0.1) is 0 Å². The number of carbonyl (C=O) groups excluding carboxylic acids is 3. The first-order valence-corrected chi connectivity index (χ1v) is 7.42. The summed E-state index contributed by atoms with van der Waals surface area (Å²) in [6.07, 6.45) is 0.155. The van der Waals surface area contributed by atoms with Gasteiger partial charge in [0, 0.05) is 32.8 Å². The zero-order valence-electron chi connectivity index (χ0n) is 14.0. The van der Waals surface area contributed by atoms with Gasteiger partial charge in [0.15, 0.2) is 0 Å². The number of carbonyl (C=O) groups is 3. The Bertz CT molecular complexity index is 624. The van der Waals surface area contributed by atoms with Crippen molar-refractivity contribution >= 4 is 17.8 Å². The maximum Gasteiger partial charge on any atom is 0.302 e. The van der Waals surface area contributed by atoms with E-state index in [1.807, 2.05) is 30.3 Å². The highest BCUT2D eigenvalue weighted by Gasteiger charge is 2.33. The van der Waals surface area contributed by atoms with Crippen LogP contribution in [0.5, 0.6) is 0 Å². The van der Waals surface area contributed by atoms with E-state index in [1.54, 1.807) is 0 Å². The number of ether oxygens (including phenoxy) is 2. The molecular formula is C18H21NO5. The molecule has 0 aromatic heterocycles. The van der Waals surface area contributed by atoms with Crippen molar-refractivity contribution in [2.24, 2.45) is 0 Å². The Labute approximate surface area is 141 Å². The number of hydrogen-bond donors (Lipinski definition) is 1. The minimum Gasteiger partial charge on any atom is -0.463 e. The quantitative estimate of drug-likeness (QED) is 0.630. The van der Waals surface area contributed by atoms with Crippen LogP contribution in [0.25, 0.3) is 0 Å². The van der Waals surface area contributed by atoms with Crippen LogP contribution < -0.4 is 5.32 Å². The fourth-order valence-corrected chi connectivity index (χ4v) is 1.95. The lowest BCUT2D eigenvalue weighted by Crippen LogP contribution is -2.55. The highest BCUT2D eigenvalue weighted by atomic mass is 16.5. The van der Waals surface area contributed by atoms with Gasteiger partial charge in [-0.05, 0) is 12.1 Å². The lowest BCUT2D eigenvalue weighted by atomic mass is 9.97. The first kappa shape index (κ1) is 19.2. The van der Waals surface area contributed by atoms with Gasteiger partial charge >= 0.3 is 11.9 Å². The number of esters is 2. The molecule has 0 heterocycles. The summed E-state index contributed by atoms with van der Waals surface area (Å²) in [5.74, 6) is 4.58. The van der Waals surface area contributed by atoms with E-state index in [4.69, 9.17) is 9.47 Å². The van der Waals surface area contributed by atoms with Crippen molar-refractivity contribution in [1.82, 2.24) is 5.32 Å². The van der Waals surface area contributed by atoms with Crippen LogP contribution in [0.4, 0.5) is 0 Å². The summed E-state index contributed by atoms with van der Waals surface area (Å²) in [5, 5.41) is 2.69. The summed E-state index contributed by atoms with van der Waals surface area (Å²) < 4.78 is 10.1. The van der Waals surface area contributed by atoms with E-state index >= 15 is 0 Å². The Balaban J connectivity index is 2.97. The lowest BCUT2D eigenvalue weighted by molar-refractivity contribution is -0.150. The summed E-state index contributed by atoms with van der Waals surface area (Å²) in [5.41, 5.74) is -0.278. The van der Waals surface area contributed by atoms with Gasteiger partial charge in [-0.25, -0.2) is 0 Å². The highest BCUT2D eigenvalue weighted by molar-refractivity contribution is 5.74. The third kappa shape index (κ3) is 7.45. The van der Waals surface area contributed by atoms with Crippen molar-refractivity contribution in [3.05, 3.63) is 35.9 Å². The summed E-state index contributed by atoms with van der Waals surface area (Å²) >= 11 is 0. The molecule has 0 bridgehead atoms. The van der Waals surface area contributed by atoms with Crippen LogP contribution >= 0.6 is 0 Å². The fourth-order valence-electron chi connectivity index (χ4n) is 1.95. The zero-order valence-corrected chi connectivity index (χ0v) is 14.0. The zero-order chi connectivity index (χ0) is 18.0. The van der Waals surface area contributed by atoms with Gasteiger partial charge in [-0.3, -0.25) is 14.4 Å². The molecule has 6 nitrogen and oxygen atoms in total. The Morgan fingerprint density at radius 1 is 1.00 bits per heavy atom. The minimum atomic E-state index is -1.09. The monoisotopic (exact) mass is 331 g/mol. The molecule has 0 saturated carbocycles. The molecule has 0 fully saturated rings. The number of hydrogen-bond acceptors (Lipinski definition) is 5. The van der Waals surface area contributed by atoms with Gasteiger partial charge in [0.2, 0.25) is 5.91 Å². The molecular weight excluding hydrogens is 310 g/mol. The average molecular weight is 331 g/mol. The third-order valence-electron chi connectivity index (χ3n) is 2.98. The Morgan fingerprint density at radius 2 is 1.54 bits per heavy atom. The van der Waals surface area contributed by atoms with E-state index in [0.717, 1.165) is 5.56 Å². The average Bonchev–Trinajstić information content (AvgIpc) is 2.51. The Kier molecular flexibility index (Phi) is 7.50. The van der Waals surface area contributed by atoms with Crippen LogP contribution in [0.3, 0.4) is 0 Å². The van der Waals surface area contributed by atoms with Gasteiger partial charge in [0.25, 0.3) is 0 Å². The van der Waals surface area contributed by atoms with Gasteiger partial charge in [-0.1, -0.05) is 30.0 Å². The SMILES string of the molecule is CC(=O)NC(CC#Cc1ccccc1)(COC(C)=O)COC(C)=O. The van der Waals surface area contributed by atoms with Crippen molar-refractivity contribution in [2.75, 3.05) is 13.2 Å². The Morgan fingerprint density at radius 3 is 2.00 bits per heavy atom. The van der Waals surface area contributed by atoms with Gasteiger partial charge in [0.1, 0.15) is 18.8 Å². The molecule has 1 N–H and O–H groups in total. The van der Waals surface area contributed by atoms with Crippen LogP contribution in [0, 0.1) is 11.8 Å². The predicted octanol–water partition coefficient (Wildman–Crippen LogP) is 1.43. The first-order chi connectivity index (χ1) is 11.3. The molecule has 0 saturated heterocycles. The van der Waals surface area contributed by atoms with Crippen LogP contribution in [0.1, 0.15) is 32.8 Å². The standard InChI is InChI=1S/C18H21NO5/c1-14(20)19-18(12-23-15(2)21,13-24-16(3)22)11-7-10-17-8-5-4-6-9-17/h4-6,8-9H,11-13H2,1-3H3,(H,19,20).